The van der Waals surface area contributed by atoms with Gasteiger partial charge in [-0.2, -0.15) is 9.78 Å². The normalized spacial score (nSPS) is 15.2. The molecule has 0 fully saturated rings. The summed E-state index contributed by atoms with van der Waals surface area (Å²) in [5.74, 6) is -2.36. The number of nitrogens with zero attached hydrogens (tertiary/aromatic N) is 3. The smallest absolute Gasteiger partial charge is 0.343 e. The maximum Gasteiger partial charge on any atom is 0.343 e. The highest BCUT2D eigenvalue weighted by atomic mass is 19.2. The molecule has 0 saturated carbocycles. The first kappa shape index (κ1) is 23.8. The molecule has 1 aromatic carbocycles. The standard InChI is InChI=1S/C22H29F2N5O3/c1-22(2,3)19(20(31)25-8-10-30)26-21(32)29-17-12-28(4)9-7-14(17)18(27-29)13-5-6-15(23)16(24)11-13/h5-6,11,19,30H,7-10,12H2,1-4H3,(H,25,31)(H,26,32). The van der Waals surface area contributed by atoms with Crippen molar-refractivity contribution in [2.24, 2.45) is 5.41 Å². The number of rotatable bonds is 5. The molecule has 8 nitrogen and oxygen atoms in total. The van der Waals surface area contributed by atoms with Crippen LogP contribution >= 0.6 is 0 Å². The van der Waals surface area contributed by atoms with Crippen LogP contribution in [0.4, 0.5) is 13.6 Å². The van der Waals surface area contributed by atoms with E-state index in [-0.39, 0.29) is 13.2 Å². The predicted octanol–water partition coefficient (Wildman–Crippen LogP) is 1.90. The van der Waals surface area contributed by atoms with Crippen molar-refractivity contribution in [1.82, 2.24) is 25.3 Å². The minimum Gasteiger partial charge on any atom is -0.395 e. The lowest BCUT2D eigenvalue weighted by Crippen LogP contribution is -2.55. The first-order valence-corrected chi connectivity index (χ1v) is 10.5. The van der Waals surface area contributed by atoms with Crippen LogP contribution in [0.2, 0.25) is 0 Å². The summed E-state index contributed by atoms with van der Waals surface area (Å²) in [4.78, 5) is 27.9. The molecule has 2 heterocycles. The average molecular weight is 450 g/mol. The molecule has 1 aliphatic heterocycles. The van der Waals surface area contributed by atoms with Crippen LogP contribution in [0.3, 0.4) is 0 Å². The minimum atomic E-state index is -0.989. The molecule has 2 aromatic rings. The number of halogens is 2. The highest BCUT2D eigenvalue weighted by Gasteiger charge is 2.35. The lowest BCUT2D eigenvalue weighted by molar-refractivity contribution is -0.125. The second kappa shape index (κ2) is 9.33. The molecule has 174 valence electrons. The number of carbonyl (C=O) groups excluding carboxylic acids is 2. The van der Waals surface area contributed by atoms with Crippen molar-refractivity contribution in [2.75, 3.05) is 26.7 Å². The number of amides is 2. The highest BCUT2D eigenvalue weighted by Crippen LogP contribution is 2.30. The van der Waals surface area contributed by atoms with Gasteiger partial charge in [-0.25, -0.2) is 13.6 Å². The molecule has 0 bridgehead atoms. The van der Waals surface area contributed by atoms with E-state index in [0.29, 0.717) is 29.9 Å². The van der Waals surface area contributed by atoms with Crippen LogP contribution in [0.1, 0.15) is 32.0 Å². The molecular weight excluding hydrogens is 420 g/mol. The number of nitrogens with one attached hydrogen (secondary N) is 2. The monoisotopic (exact) mass is 449 g/mol. The van der Waals surface area contributed by atoms with Gasteiger partial charge in [-0.1, -0.05) is 20.8 Å². The molecule has 2 amide bonds. The average Bonchev–Trinajstić information content (AvgIpc) is 3.10. The van der Waals surface area contributed by atoms with E-state index in [0.717, 1.165) is 24.2 Å². The predicted molar refractivity (Wildman–Crippen MR) is 115 cm³/mol. The zero-order valence-electron chi connectivity index (χ0n) is 18.7. The summed E-state index contributed by atoms with van der Waals surface area (Å²) in [6.45, 7) is 6.47. The Morgan fingerprint density at radius 2 is 1.97 bits per heavy atom. The fourth-order valence-corrected chi connectivity index (χ4v) is 3.73. The summed E-state index contributed by atoms with van der Waals surface area (Å²) >= 11 is 0. The van der Waals surface area contributed by atoms with E-state index in [1.165, 1.54) is 10.7 Å². The first-order chi connectivity index (χ1) is 15.0. The summed E-state index contributed by atoms with van der Waals surface area (Å²) in [5, 5.41) is 18.8. The van der Waals surface area contributed by atoms with Gasteiger partial charge in [-0.15, -0.1) is 0 Å². The Bertz CT molecular complexity index is 1020. The second-order valence-corrected chi connectivity index (χ2v) is 9.07. The van der Waals surface area contributed by atoms with Crippen LogP contribution in [-0.4, -0.2) is 64.5 Å². The fraction of sp³-hybridized carbons (Fsp3) is 0.500. The lowest BCUT2D eigenvalue weighted by atomic mass is 9.86. The molecule has 1 unspecified atom stereocenters. The number of hydrogen-bond donors (Lipinski definition) is 3. The maximum atomic E-state index is 13.9. The third kappa shape index (κ3) is 4.97. The van der Waals surface area contributed by atoms with Crippen LogP contribution < -0.4 is 10.6 Å². The van der Waals surface area contributed by atoms with Gasteiger partial charge >= 0.3 is 6.03 Å². The SMILES string of the molecule is CN1CCc2c(-c3ccc(F)c(F)c3)nn(C(=O)NC(C(=O)NCCO)C(C)(C)C)c2C1. The lowest BCUT2D eigenvalue weighted by Gasteiger charge is -2.30. The Balaban J connectivity index is 1.99. The molecule has 1 aliphatic rings. The maximum absolute atomic E-state index is 13.9. The number of carbonyl (C=O) groups is 2. The van der Waals surface area contributed by atoms with E-state index in [1.54, 1.807) is 0 Å². The third-order valence-corrected chi connectivity index (χ3v) is 5.45. The number of hydrogen-bond acceptors (Lipinski definition) is 5. The van der Waals surface area contributed by atoms with E-state index < -0.39 is 35.0 Å². The number of fused-ring (bicyclic) bond motifs is 1. The largest absolute Gasteiger partial charge is 0.395 e. The molecule has 0 saturated heterocycles. The molecule has 0 spiro atoms. The van der Waals surface area contributed by atoms with Crippen molar-refractivity contribution >= 4 is 11.9 Å². The Morgan fingerprint density at radius 3 is 2.59 bits per heavy atom. The van der Waals surface area contributed by atoms with Gasteiger partial charge in [-0.05, 0) is 37.1 Å². The van der Waals surface area contributed by atoms with Crippen LogP contribution in [0.15, 0.2) is 18.2 Å². The molecular formula is C22H29F2N5O3. The van der Waals surface area contributed by atoms with Gasteiger partial charge < -0.3 is 20.6 Å². The van der Waals surface area contributed by atoms with E-state index in [1.807, 2.05) is 32.7 Å². The number of benzene rings is 1. The first-order valence-electron chi connectivity index (χ1n) is 10.5. The quantitative estimate of drug-likeness (QED) is 0.648. The van der Waals surface area contributed by atoms with Gasteiger partial charge in [0, 0.05) is 30.8 Å². The van der Waals surface area contributed by atoms with Crippen LogP contribution in [0, 0.1) is 17.0 Å². The van der Waals surface area contributed by atoms with E-state index >= 15 is 0 Å². The molecule has 1 atom stereocenters. The fourth-order valence-electron chi connectivity index (χ4n) is 3.73. The summed E-state index contributed by atoms with van der Waals surface area (Å²) < 4.78 is 28.5. The Labute approximate surface area is 185 Å². The van der Waals surface area contributed by atoms with Gasteiger partial charge in [0.05, 0.1) is 18.0 Å². The highest BCUT2D eigenvalue weighted by molar-refractivity contribution is 5.89. The molecule has 10 heteroatoms. The van der Waals surface area contributed by atoms with Crippen molar-refractivity contribution < 1.29 is 23.5 Å². The Morgan fingerprint density at radius 1 is 1.25 bits per heavy atom. The summed E-state index contributed by atoms with van der Waals surface area (Å²) in [6, 6.07) is 2.06. The van der Waals surface area contributed by atoms with Crippen LogP contribution in [0.5, 0.6) is 0 Å². The van der Waals surface area contributed by atoms with Gasteiger partial charge in [0.15, 0.2) is 11.6 Å². The molecule has 32 heavy (non-hydrogen) atoms. The zero-order valence-corrected chi connectivity index (χ0v) is 18.7. The number of likely N-dealkylation sites (N-methyl/N-ethyl adjacent to an activating group) is 1. The Hall–Kier alpha value is -2.85. The van der Waals surface area contributed by atoms with Crippen molar-refractivity contribution in [3.8, 4) is 11.3 Å². The Kier molecular flexibility index (Phi) is 6.94. The van der Waals surface area contributed by atoms with Crippen molar-refractivity contribution in [2.45, 2.75) is 39.8 Å². The van der Waals surface area contributed by atoms with Gasteiger partial charge in [-0.3, -0.25) is 4.79 Å². The van der Waals surface area contributed by atoms with Gasteiger partial charge in [0.25, 0.3) is 0 Å². The van der Waals surface area contributed by atoms with Gasteiger partial charge in [0.2, 0.25) is 5.91 Å². The minimum absolute atomic E-state index is 0.0729. The topological polar surface area (TPSA) is 99.5 Å². The molecule has 3 rings (SSSR count). The van der Waals surface area contributed by atoms with Crippen molar-refractivity contribution in [3.63, 3.8) is 0 Å². The summed E-state index contributed by atoms with van der Waals surface area (Å²) in [5.41, 5.74) is 1.62. The molecule has 0 aliphatic carbocycles. The summed E-state index contributed by atoms with van der Waals surface area (Å²) in [6.07, 6.45) is 0.590. The van der Waals surface area contributed by atoms with E-state index in [9.17, 15) is 18.4 Å². The molecule has 1 aromatic heterocycles. The van der Waals surface area contributed by atoms with Crippen molar-refractivity contribution in [1.29, 1.82) is 0 Å². The number of aliphatic hydroxyl groups excluding tert-OH is 1. The van der Waals surface area contributed by atoms with E-state index in [4.69, 9.17) is 5.11 Å². The zero-order chi connectivity index (χ0) is 23.6. The van der Waals surface area contributed by atoms with Gasteiger partial charge in [0.1, 0.15) is 6.04 Å². The van der Waals surface area contributed by atoms with Crippen molar-refractivity contribution in [3.05, 3.63) is 41.1 Å². The third-order valence-electron chi connectivity index (χ3n) is 5.45. The molecule has 3 N–H and O–H groups in total. The second-order valence-electron chi connectivity index (χ2n) is 9.07. The van der Waals surface area contributed by atoms with Crippen LogP contribution in [0.25, 0.3) is 11.3 Å². The van der Waals surface area contributed by atoms with Crippen LogP contribution in [-0.2, 0) is 17.8 Å². The number of aromatic nitrogens is 2. The molecule has 0 radical (unpaired) electrons. The van der Waals surface area contributed by atoms with E-state index in [2.05, 4.69) is 15.7 Å². The summed E-state index contributed by atoms with van der Waals surface area (Å²) in [7, 11) is 1.91. The number of aliphatic hydroxyl groups is 1.